The van der Waals surface area contributed by atoms with E-state index < -0.39 is 0 Å². The molecule has 0 aliphatic heterocycles. The minimum Gasteiger partial charge on any atom is -0.399 e. The fraction of sp³-hybridized carbons (Fsp3) is 0.385. The van der Waals surface area contributed by atoms with Gasteiger partial charge >= 0.3 is 0 Å². The van der Waals surface area contributed by atoms with E-state index >= 15 is 0 Å². The van der Waals surface area contributed by atoms with Crippen LogP contribution in [0.25, 0.3) is 0 Å². The van der Waals surface area contributed by atoms with Crippen molar-refractivity contribution in [3.63, 3.8) is 0 Å². The second kappa shape index (κ2) is 7.32. The summed E-state index contributed by atoms with van der Waals surface area (Å²) in [5, 5.41) is 5.37. The molecule has 0 spiro atoms. The first kappa shape index (κ1) is 14.0. The Kier molecular flexibility index (Phi) is 5.70. The third-order valence-electron chi connectivity index (χ3n) is 2.36. The fourth-order valence-corrected chi connectivity index (χ4v) is 1.55. The summed E-state index contributed by atoms with van der Waals surface area (Å²) >= 11 is 0. The number of benzene rings is 1. The van der Waals surface area contributed by atoms with Crippen molar-refractivity contribution in [2.24, 2.45) is 0 Å². The Balaban J connectivity index is 2.28. The normalized spacial score (nSPS) is 9.83. The van der Waals surface area contributed by atoms with Crippen LogP contribution in [0.2, 0.25) is 0 Å². The van der Waals surface area contributed by atoms with Crippen LogP contribution in [-0.2, 0) is 16.0 Å². The van der Waals surface area contributed by atoms with Gasteiger partial charge < -0.3 is 16.4 Å². The van der Waals surface area contributed by atoms with E-state index in [1.807, 2.05) is 19.1 Å². The highest BCUT2D eigenvalue weighted by Crippen LogP contribution is 2.06. The van der Waals surface area contributed by atoms with E-state index in [9.17, 15) is 9.59 Å². The largest absolute Gasteiger partial charge is 0.399 e. The van der Waals surface area contributed by atoms with Crippen LogP contribution in [0.4, 0.5) is 5.69 Å². The van der Waals surface area contributed by atoms with Gasteiger partial charge in [-0.1, -0.05) is 12.1 Å². The van der Waals surface area contributed by atoms with Gasteiger partial charge in [-0.15, -0.1) is 0 Å². The summed E-state index contributed by atoms with van der Waals surface area (Å²) in [6.07, 6.45) is 0.580. The Labute approximate surface area is 107 Å². The Bertz CT molecular complexity index is 418. The zero-order chi connectivity index (χ0) is 13.4. The predicted molar refractivity (Wildman–Crippen MR) is 70.9 cm³/mol. The van der Waals surface area contributed by atoms with Crippen LogP contribution >= 0.6 is 0 Å². The minimum absolute atomic E-state index is 0.0539. The van der Waals surface area contributed by atoms with Gasteiger partial charge in [0.1, 0.15) is 0 Å². The molecule has 0 fully saturated rings. The third kappa shape index (κ3) is 5.34. The smallest absolute Gasteiger partial charge is 0.224 e. The van der Waals surface area contributed by atoms with Crippen molar-refractivity contribution in [1.82, 2.24) is 10.6 Å². The maximum atomic E-state index is 11.6. The van der Waals surface area contributed by atoms with Gasteiger partial charge in [0.2, 0.25) is 11.8 Å². The summed E-state index contributed by atoms with van der Waals surface area (Å²) in [4.78, 5) is 22.7. The second-order valence-electron chi connectivity index (χ2n) is 3.98. The molecule has 18 heavy (non-hydrogen) atoms. The summed E-state index contributed by atoms with van der Waals surface area (Å²) in [5.74, 6) is -0.161. The molecule has 0 aliphatic rings. The van der Waals surface area contributed by atoms with Crippen molar-refractivity contribution in [3.05, 3.63) is 29.8 Å². The molecular formula is C13H19N3O2. The Morgan fingerprint density at radius 3 is 2.67 bits per heavy atom. The SMILES string of the molecule is CCNC(=O)CCNC(=O)Cc1cccc(N)c1. The van der Waals surface area contributed by atoms with Crippen LogP contribution in [-0.4, -0.2) is 24.9 Å². The molecule has 4 N–H and O–H groups in total. The summed E-state index contributed by atoms with van der Waals surface area (Å²) in [7, 11) is 0. The van der Waals surface area contributed by atoms with Crippen LogP contribution in [0.1, 0.15) is 18.9 Å². The zero-order valence-electron chi connectivity index (χ0n) is 10.5. The molecule has 0 atom stereocenters. The Morgan fingerprint density at radius 1 is 1.22 bits per heavy atom. The summed E-state index contributed by atoms with van der Waals surface area (Å²) in [6.45, 7) is 2.82. The van der Waals surface area contributed by atoms with Crippen molar-refractivity contribution in [2.45, 2.75) is 19.8 Å². The molecule has 5 nitrogen and oxygen atoms in total. The van der Waals surface area contributed by atoms with E-state index in [-0.39, 0.29) is 18.2 Å². The number of anilines is 1. The number of nitrogens with one attached hydrogen (secondary N) is 2. The highest BCUT2D eigenvalue weighted by molar-refractivity contribution is 5.80. The Morgan fingerprint density at radius 2 is 2.00 bits per heavy atom. The average molecular weight is 249 g/mol. The standard InChI is InChI=1S/C13H19N3O2/c1-2-15-12(17)6-7-16-13(18)9-10-4-3-5-11(14)8-10/h3-5,8H,2,6-7,9,14H2,1H3,(H,15,17)(H,16,18). The van der Waals surface area contributed by atoms with E-state index in [4.69, 9.17) is 5.73 Å². The van der Waals surface area contributed by atoms with Gasteiger partial charge in [-0.3, -0.25) is 9.59 Å². The lowest BCUT2D eigenvalue weighted by molar-refractivity contribution is -0.121. The third-order valence-corrected chi connectivity index (χ3v) is 2.36. The second-order valence-corrected chi connectivity index (χ2v) is 3.98. The molecule has 0 unspecified atom stereocenters. The lowest BCUT2D eigenvalue weighted by Crippen LogP contribution is -2.31. The predicted octanol–water partition coefficient (Wildman–Crippen LogP) is 0.454. The van der Waals surface area contributed by atoms with Gasteiger partial charge in [-0.25, -0.2) is 0 Å². The molecule has 0 aliphatic carbocycles. The molecule has 0 aromatic heterocycles. The first-order chi connectivity index (χ1) is 8.61. The minimum atomic E-state index is -0.107. The average Bonchev–Trinajstić information content (AvgIpc) is 2.29. The van der Waals surface area contributed by atoms with Crippen LogP contribution < -0.4 is 16.4 Å². The molecule has 0 bridgehead atoms. The zero-order valence-corrected chi connectivity index (χ0v) is 10.5. The van der Waals surface area contributed by atoms with Gasteiger partial charge in [0.15, 0.2) is 0 Å². The lowest BCUT2D eigenvalue weighted by atomic mass is 10.1. The topological polar surface area (TPSA) is 84.2 Å². The van der Waals surface area contributed by atoms with Crippen LogP contribution in [0.5, 0.6) is 0 Å². The quantitative estimate of drug-likeness (QED) is 0.640. The van der Waals surface area contributed by atoms with Crippen molar-refractivity contribution in [2.75, 3.05) is 18.8 Å². The summed E-state index contributed by atoms with van der Waals surface area (Å²) < 4.78 is 0. The molecule has 5 heteroatoms. The molecule has 1 rings (SSSR count). The number of rotatable bonds is 6. The number of carbonyl (C=O) groups excluding carboxylic acids is 2. The molecule has 0 heterocycles. The number of carbonyl (C=O) groups is 2. The number of nitrogen functional groups attached to an aromatic ring is 1. The van der Waals surface area contributed by atoms with E-state index in [2.05, 4.69) is 10.6 Å². The molecule has 0 radical (unpaired) electrons. The maximum Gasteiger partial charge on any atom is 0.224 e. The fourth-order valence-electron chi connectivity index (χ4n) is 1.55. The van der Waals surface area contributed by atoms with Crippen LogP contribution in [0.3, 0.4) is 0 Å². The first-order valence-corrected chi connectivity index (χ1v) is 5.99. The maximum absolute atomic E-state index is 11.6. The van der Waals surface area contributed by atoms with Gasteiger partial charge in [-0.2, -0.15) is 0 Å². The van der Waals surface area contributed by atoms with Crippen molar-refractivity contribution in [3.8, 4) is 0 Å². The molecule has 0 saturated carbocycles. The number of hydrogen-bond acceptors (Lipinski definition) is 3. The molecule has 1 aromatic carbocycles. The highest BCUT2D eigenvalue weighted by atomic mass is 16.2. The molecule has 0 saturated heterocycles. The van der Waals surface area contributed by atoms with Crippen molar-refractivity contribution in [1.29, 1.82) is 0 Å². The van der Waals surface area contributed by atoms with Crippen molar-refractivity contribution < 1.29 is 9.59 Å². The van der Waals surface area contributed by atoms with E-state index in [1.165, 1.54) is 0 Å². The summed E-state index contributed by atoms with van der Waals surface area (Å²) in [5.41, 5.74) is 7.13. The number of amides is 2. The van der Waals surface area contributed by atoms with Crippen LogP contribution in [0, 0.1) is 0 Å². The van der Waals surface area contributed by atoms with Gasteiger partial charge in [0.05, 0.1) is 6.42 Å². The van der Waals surface area contributed by atoms with Gasteiger partial charge in [-0.05, 0) is 24.6 Å². The lowest BCUT2D eigenvalue weighted by Gasteiger charge is -2.06. The number of nitrogens with two attached hydrogens (primary N) is 1. The monoisotopic (exact) mass is 249 g/mol. The highest BCUT2D eigenvalue weighted by Gasteiger charge is 2.04. The van der Waals surface area contributed by atoms with Gasteiger partial charge in [0.25, 0.3) is 0 Å². The van der Waals surface area contributed by atoms with E-state index in [0.29, 0.717) is 25.2 Å². The first-order valence-electron chi connectivity index (χ1n) is 5.99. The van der Waals surface area contributed by atoms with Gasteiger partial charge in [0, 0.05) is 25.2 Å². The van der Waals surface area contributed by atoms with E-state index in [1.54, 1.807) is 12.1 Å². The number of hydrogen-bond donors (Lipinski definition) is 3. The molecular weight excluding hydrogens is 230 g/mol. The Hall–Kier alpha value is -2.04. The van der Waals surface area contributed by atoms with Crippen molar-refractivity contribution >= 4 is 17.5 Å². The molecule has 2 amide bonds. The molecule has 98 valence electrons. The molecule has 1 aromatic rings. The summed E-state index contributed by atoms with van der Waals surface area (Å²) in [6, 6.07) is 7.20. The van der Waals surface area contributed by atoms with E-state index in [0.717, 1.165) is 5.56 Å². The van der Waals surface area contributed by atoms with Crippen LogP contribution in [0.15, 0.2) is 24.3 Å².